The molecule has 1 aromatic heterocycles. The lowest BCUT2D eigenvalue weighted by Crippen LogP contribution is -2.32. The van der Waals surface area contributed by atoms with Crippen molar-refractivity contribution in [2.45, 2.75) is 32.4 Å². The number of nitrogens with one attached hydrogen (secondary N) is 3. The Bertz CT molecular complexity index is 1010. The predicted octanol–water partition coefficient (Wildman–Crippen LogP) is 4.30. The second-order valence-corrected chi connectivity index (χ2v) is 7.79. The quantitative estimate of drug-likeness (QED) is 0.256. The first-order valence-electron chi connectivity index (χ1n) is 11.4. The van der Waals surface area contributed by atoms with Crippen molar-refractivity contribution in [1.29, 1.82) is 0 Å². The van der Waals surface area contributed by atoms with Gasteiger partial charge < -0.3 is 24.8 Å². The van der Waals surface area contributed by atoms with Crippen LogP contribution >= 0.6 is 0 Å². The molecule has 1 atom stereocenters. The summed E-state index contributed by atoms with van der Waals surface area (Å²) >= 11 is 0. The van der Waals surface area contributed by atoms with Gasteiger partial charge in [-0.25, -0.2) is 4.99 Å². The molecule has 0 fully saturated rings. The van der Waals surface area contributed by atoms with Crippen LogP contribution in [0.1, 0.15) is 37.1 Å². The summed E-state index contributed by atoms with van der Waals surface area (Å²) in [5.41, 5.74) is 3.00. The third-order valence-corrected chi connectivity index (χ3v) is 5.23. The monoisotopic (exact) mass is 449 g/mol. The summed E-state index contributed by atoms with van der Waals surface area (Å²) in [5.74, 6) is 2.19. The van der Waals surface area contributed by atoms with Gasteiger partial charge in [-0.15, -0.1) is 0 Å². The molecule has 2 heterocycles. The average molecular weight is 450 g/mol. The van der Waals surface area contributed by atoms with E-state index in [1.165, 1.54) is 5.56 Å². The lowest BCUT2D eigenvalue weighted by atomic mass is 10.1. The first-order valence-corrected chi connectivity index (χ1v) is 11.4. The summed E-state index contributed by atoms with van der Waals surface area (Å²) in [6.45, 7) is 5.26. The van der Waals surface area contributed by atoms with Gasteiger partial charge in [0.2, 0.25) is 0 Å². The Morgan fingerprint density at radius 2 is 1.97 bits per heavy atom. The molecule has 1 unspecified atom stereocenters. The number of aliphatic imine (C=N–C) groups is 1. The number of ether oxygens (including phenoxy) is 3. The number of anilines is 1. The van der Waals surface area contributed by atoms with Gasteiger partial charge in [0.15, 0.2) is 17.5 Å². The smallest absolute Gasteiger partial charge is 0.196 e. The van der Waals surface area contributed by atoms with Crippen LogP contribution in [0.4, 0.5) is 5.69 Å². The highest BCUT2D eigenvalue weighted by atomic mass is 16.5. The Kier molecular flexibility index (Phi) is 8.19. The number of guanidine groups is 1. The number of hydrogen-bond donors (Lipinski definition) is 3. The second kappa shape index (κ2) is 11.9. The van der Waals surface area contributed by atoms with Crippen LogP contribution < -0.4 is 20.1 Å². The molecule has 2 aromatic carbocycles. The fourth-order valence-electron chi connectivity index (χ4n) is 3.41. The van der Waals surface area contributed by atoms with E-state index >= 15 is 0 Å². The van der Waals surface area contributed by atoms with Gasteiger partial charge in [-0.05, 0) is 37.1 Å². The highest BCUT2D eigenvalue weighted by Gasteiger charge is 2.12. The maximum Gasteiger partial charge on any atom is 0.196 e. The van der Waals surface area contributed by atoms with Crippen LogP contribution in [0.5, 0.6) is 11.5 Å². The zero-order valence-corrected chi connectivity index (χ0v) is 18.9. The van der Waals surface area contributed by atoms with Gasteiger partial charge in [0.1, 0.15) is 0 Å². The zero-order chi connectivity index (χ0) is 22.7. The molecule has 174 valence electrons. The van der Waals surface area contributed by atoms with Crippen molar-refractivity contribution < 1.29 is 14.2 Å². The molecule has 0 saturated heterocycles. The van der Waals surface area contributed by atoms with E-state index in [9.17, 15) is 0 Å². The number of rotatable bonds is 9. The molecule has 3 N–H and O–H groups in total. The van der Waals surface area contributed by atoms with Crippen LogP contribution in [-0.4, -0.2) is 42.5 Å². The third kappa shape index (κ3) is 6.98. The standard InChI is InChI=1S/C25H31N5O3/c1-19(20-7-3-2-4-8-20)31-14-5-12-26-25(27-18-22-11-13-28-30-22)29-21-9-10-23-24(17-21)33-16-6-15-32-23/h2-4,7-11,13,17,19H,5-6,12,14-16,18H2,1H3,(H,28,30)(H2,26,27,29). The van der Waals surface area contributed by atoms with E-state index in [2.05, 4.69) is 44.9 Å². The summed E-state index contributed by atoms with van der Waals surface area (Å²) in [7, 11) is 0. The molecular weight excluding hydrogens is 418 g/mol. The SMILES string of the molecule is CC(OCCCNC(=NCc1ccn[nH]1)Nc1ccc2c(c1)OCCCO2)c1ccccc1. The van der Waals surface area contributed by atoms with E-state index in [0.717, 1.165) is 42.3 Å². The largest absolute Gasteiger partial charge is 0.490 e. The van der Waals surface area contributed by atoms with Gasteiger partial charge in [-0.1, -0.05) is 30.3 Å². The fourth-order valence-corrected chi connectivity index (χ4v) is 3.41. The van der Waals surface area contributed by atoms with Crippen molar-refractivity contribution in [2.75, 3.05) is 31.7 Å². The van der Waals surface area contributed by atoms with Crippen molar-refractivity contribution in [3.8, 4) is 11.5 Å². The van der Waals surface area contributed by atoms with E-state index < -0.39 is 0 Å². The Morgan fingerprint density at radius 1 is 1.12 bits per heavy atom. The first kappa shape index (κ1) is 22.7. The minimum atomic E-state index is 0.0691. The summed E-state index contributed by atoms with van der Waals surface area (Å²) in [6.07, 6.45) is 3.52. The van der Waals surface area contributed by atoms with Crippen molar-refractivity contribution >= 4 is 11.6 Å². The second-order valence-electron chi connectivity index (χ2n) is 7.79. The Labute approximate surface area is 194 Å². The fraction of sp³-hybridized carbons (Fsp3) is 0.360. The number of fused-ring (bicyclic) bond motifs is 1. The molecule has 4 rings (SSSR count). The molecule has 0 bridgehead atoms. The van der Waals surface area contributed by atoms with Crippen LogP contribution in [0.15, 0.2) is 65.8 Å². The van der Waals surface area contributed by atoms with Gasteiger partial charge >= 0.3 is 0 Å². The van der Waals surface area contributed by atoms with E-state index in [1.54, 1.807) is 6.20 Å². The predicted molar refractivity (Wildman–Crippen MR) is 129 cm³/mol. The van der Waals surface area contributed by atoms with Gasteiger partial charge in [0.25, 0.3) is 0 Å². The molecule has 33 heavy (non-hydrogen) atoms. The summed E-state index contributed by atoms with van der Waals surface area (Å²) < 4.78 is 17.5. The van der Waals surface area contributed by atoms with Crippen LogP contribution in [0, 0.1) is 0 Å². The van der Waals surface area contributed by atoms with E-state index in [0.29, 0.717) is 32.3 Å². The van der Waals surface area contributed by atoms with Crippen LogP contribution in [-0.2, 0) is 11.3 Å². The lowest BCUT2D eigenvalue weighted by Gasteiger charge is -2.16. The highest BCUT2D eigenvalue weighted by Crippen LogP contribution is 2.32. The molecule has 8 heteroatoms. The van der Waals surface area contributed by atoms with Crippen LogP contribution in [0.3, 0.4) is 0 Å². The Morgan fingerprint density at radius 3 is 2.79 bits per heavy atom. The third-order valence-electron chi connectivity index (χ3n) is 5.23. The van der Waals surface area contributed by atoms with E-state index in [4.69, 9.17) is 14.2 Å². The Hall–Kier alpha value is -3.52. The highest BCUT2D eigenvalue weighted by molar-refractivity contribution is 5.93. The maximum absolute atomic E-state index is 5.98. The number of benzene rings is 2. The minimum absolute atomic E-state index is 0.0691. The Balaban J connectivity index is 1.32. The normalized spacial score (nSPS) is 14.4. The molecule has 0 spiro atoms. The number of aromatic amines is 1. The van der Waals surface area contributed by atoms with E-state index in [-0.39, 0.29) is 6.10 Å². The molecule has 8 nitrogen and oxygen atoms in total. The maximum atomic E-state index is 5.98. The van der Waals surface area contributed by atoms with Crippen LogP contribution in [0.25, 0.3) is 0 Å². The van der Waals surface area contributed by atoms with Crippen molar-refractivity contribution in [1.82, 2.24) is 15.5 Å². The number of aromatic nitrogens is 2. The van der Waals surface area contributed by atoms with Gasteiger partial charge in [0, 0.05) is 37.5 Å². The van der Waals surface area contributed by atoms with E-state index in [1.807, 2.05) is 42.5 Å². The lowest BCUT2D eigenvalue weighted by molar-refractivity contribution is 0.0646. The zero-order valence-electron chi connectivity index (χ0n) is 18.9. The van der Waals surface area contributed by atoms with Gasteiger partial charge in [-0.3, -0.25) is 5.10 Å². The summed E-state index contributed by atoms with van der Waals surface area (Å²) in [5, 5.41) is 13.7. The molecule has 0 amide bonds. The molecule has 1 aliphatic rings. The molecule has 0 aliphatic carbocycles. The summed E-state index contributed by atoms with van der Waals surface area (Å²) in [4.78, 5) is 4.68. The number of nitrogens with zero attached hydrogens (tertiary/aromatic N) is 2. The average Bonchev–Trinajstić information content (AvgIpc) is 3.26. The number of hydrogen-bond acceptors (Lipinski definition) is 5. The molecular formula is C25H31N5O3. The minimum Gasteiger partial charge on any atom is -0.490 e. The van der Waals surface area contributed by atoms with Crippen LogP contribution in [0.2, 0.25) is 0 Å². The van der Waals surface area contributed by atoms with Gasteiger partial charge in [0.05, 0.1) is 31.6 Å². The molecule has 0 saturated carbocycles. The molecule has 0 radical (unpaired) electrons. The van der Waals surface area contributed by atoms with Crippen molar-refractivity contribution in [2.24, 2.45) is 4.99 Å². The first-order chi connectivity index (χ1) is 16.3. The van der Waals surface area contributed by atoms with Crippen molar-refractivity contribution in [3.05, 3.63) is 72.1 Å². The van der Waals surface area contributed by atoms with Crippen molar-refractivity contribution in [3.63, 3.8) is 0 Å². The van der Waals surface area contributed by atoms with Gasteiger partial charge in [-0.2, -0.15) is 5.10 Å². The molecule has 1 aliphatic heterocycles. The summed E-state index contributed by atoms with van der Waals surface area (Å²) in [6, 6.07) is 18.0. The topological polar surface area (TPSA) is 92.8 Å². The molecule has 3 aromatic rings. The number of H-pyrrole nitrogens is 1.